The molecule has 92 valence electrons. The molecule has 8 nitrogen and oxygen atoms in total. The van der Waals surface area contributed by atoms with Crippen molar-refractivity contribution < 1.29 is 4.79 Å². The van der Waals surface area contributed by atoms with E-state index in [0.717, 1.165) is 0 Å². The summed E-state index contributed by atoms with van der Waals surface area (Å²) in [5.74, 6) is 0.163. The van der Waals surface area contributed by atoms with Crippen molar-refractivity contribution in [1.82, 2.24) is 20.3 Å². The van der Waals surface area contributed by atoms with E-state index in [0.29, 0.717) is 5.95 Å². The number of nitrogens with one attached hydrogen (secondary N) is 2. The molecule has 0 saturated carbocycles. The molecule has 1 atom stereocenters. The summed E-state index contributed by atoms with van der Waals surface area (Å²) in [5, 5.41) is 9.13. The Morgan fingerprint density at radius 1 is 1.35 bits per heavy atom. The van der Waals surface area contributed by atoms with Gasteiger partial charge in [0.2, 0.25) is 0 Å². The van der Waals surface area contributed by atoms with Gasteiger partial charge in [-0.15, -0.1) is 10.2 Å². The summed E-state index contributed by atoms with van der Waals surface area (Å²) in [4.78, 5) is 23.5. The van der Waals surface area contributed by atoms with Gasteiger partial charge in [0.1, 0.15) is 5.69 Å². The third-order valence-electron chi connectivity index (χ3n) is 2.73. The van der Waals surface area contributed by atoms with Crippen molar-refractivity contribution >= 4 is 11.7 Å². The number of nitrogens with zero attached hydrogens (tertiary/aromatic N) is 4. The highest BCUT2D eigenvalue weighted by molar-refractivity contribution is 5.87. The highest BCUT2D eigenvalue weighted by atomic mass is 16.2. The number of rotatable bonds is 1. The maximum atomic E-state index is 11.9. The Bertz CT molecular complexity index is 539. The summed E-state index contributed by atoms with van der Waals surface area (Å²) in [7, 11) is 1.66. The molecule has 1 aliphatic rings. The van der Waals surface area contributed by atoms with E-state index in [9.17, 15) is 9.59 Å². The lowest BCUT2D eigenvalue weighted by Gasteiger charge is -2.40. The lowest BCUT2D eigenvalue weighted by Crippen LogP contribution is -2.68. The first kappa shape index (κ1) is 11.5. The maximum Gasteiger partial charge on any atom is 0.295 e. The van der Waals surface area contributed by atoms with E-state index in [1.54, 1.807) is 20.9 Å². The van der Waals surface area contributed by atoms with Crippen molar-refractivity contribution in [2.75, 3.05) is 17.5 Å². The smallest absolute Gasteiger partial charge is 0.295 e. The first-order chi connectivity index (χ1) is 7.85. The van der Waals surface area contributed by atoms with Crippen LogP contribution in [-0.4, -0.2) is 33.4 Å². The molecule has 2 N–H and O–H groups in total. The van der Waals surface area contributed by atoms with E-state index in [4.69, 9.17) is 0 Å². The molecule has 0 radical (unpaired) electrons. The molecule has 1 aliphatic heterocycles. The third-order valence-corrected chi connectivity index (χ3v) is 2.73. The second kappa shape index (κ2) is 3.52. The Balaban J connectivity index is 2.59. The van der Waals surface area contributed by atoms with Crippen LogP contribution in [0.1, 0.15) is 19.5 Å². The molecular weight excluding hydrogens is 224 g/mol. The van der Waals surface area contributed by atoms with Crippen molar-refractivity contribution in [3.8, 4) is 0 Å². The molecular formula is C9H14N6O2. The number of hydrogen-bond acceptors (Lipinski definition) is 7. The molecule has 2 rings (SSSR count). The summed E-state index contributed by atoms with van der Waals surface area (Å²) in [6.07, 6.45) is 0. The average molecular weight is 238 g/mol. The Hall–Kier alpha value is -1.96. The van der Waals surface area contributed by atoms with Crippen LogP contribution in [0.25, 0.3) is 0 Å². The largest absolute Gasteiger partial charge is 0.296 e. The van der Waals surface area contributed by atoms with Crippen LogP contribution in [0.4, 0.5) is 5.95 Å². The van der Waals surface area contributed by atoms with Gasteiger partial charge in [-0.2, -0.15) is 10.1 Å². The number of Topliss-reactive ketones (excluding diaryl/α,β-unsaturated/α-hetero) is 1. The normalized spacial score (nSPS) is 22.9. The van der Waals surface area contributed by atoms with Gasteiger partial charge in [0.15, 0.2) is 11.4 Å². The standard InChI is InChI=1S/C9H14N6O2/c1-5-7(17)15-8(11-10-5)14(4)12-9(3,13-15)6(2)16/h12-13H,1-4H3. The summed E-state index contributed by atoms with van der Waals surface area (Å²) < 4.78 is 1.22. The molecule has 0 amide bonds. The molecule has 0 saturated heterocycles. The average Bonchev–Trinajstić information content (AvgIpc) is 2.24. The van der Waals surface area contributed by atoms with Crippen LogP contribution in [-0.2, 0) is 4.79 Å². The van der Waals surface area contributed by atoms with Crippen LogP contribution in [0.5, 0.6) is 0 Å². The molecule has 0 fully saturated rings. The van der Waals surface area contributed by atoms with Gasteiger partial charge in [0.05, 0.1) is 0 Å². The summed E-state index contributed by atoms with van der Waals surface area (Å²) >= 11 is 0. The zero-order chi connectivity index (χ0) is 12.8. The lowest BCUT2D eigenvalue weighted by atomic mass is 10.1. The Kier molecular flexibility index (Phi) is 2.39. The van der Waals surface area contributed by atoms with Gasteiger partial charge in [-0.3, -0.25) is 20.0 Å². The zero-order valence-corrected chi connectivity index (χ0v) is 10.1. The minimum absolute atomic E-state index is 0.142. The minimum atomic E-state index is -1.04. The van der Waals surface area contributed by atoms with E-state index >= 15 is 0 Å². The fourth-order valence-electron chi connectivity index (χ4n) is 1.57. The summed E-state index contributed by atoms with van der Waals surface area (Å²) in [5.41, 5.74) is 4.62. The Labute approximate surface area is 97.6 Å². The number of hydrogen-bond donors (Lipinski definition) is 2. The van der Waals surface area contributed by atoms with Crippen LogP contribution >= 0.6 is 0 Å². The number of ketones is 1. The lowest BCUT2D eigenvalue weighted by molar-refractivity contribution is -0.122. The molecule has 8 heteroatoms. The van der Waals surface area contributed by atoms with Crippen LogP contribution in [0.2, 0.25) is 0 Å². The molecule has 1 aromatic heterocycles. The molecule has 0 spiro atoms. The molecule has 2 heterocycles. The van der Waals surface area contributed by atoms with Crippen LogP contribution in [0.3, 0.4) is 0 Å². The zero-order valence-electron chi connectivity index (χ0n) is 10.1. The van der Waals surface area contributed by atoms with E-state index in [1.807, 2.05) is 0 Å². The SMILES string of the molecule is CC(=O)C1(C)NN(C)c2nnc(C)c(=O)n2N1. The number of carbonyl (C=O) groups excluding carboxylic acids is 1. The Morgan fingerprint density at radius 3 is 2.59 bits per heavy atom. The molecule has 1 unspecified atom stereocenters. The maximum absolute atomic E-state index is 11.9. The van der Waals surface area contributed by atoms with Crippen molar-refractivity contribution in [2.45, 2.75) is 26.4 Å². The first-order valence-corrected chi connectivity index (χ1v) is 5.12. The van der Waals surface area contributed by atoms with Crippen molar-refractivity contribution in [1.29, 1.82) is 0 Å². The van der Waals surface area contributed by atoms with Crippen molar-refractivity contribution in [3.63, 3.8) is 0 Å². The van der Waals surface area contributed by atoms with Gasteiger partial charge in [0.25, 0.3) is 11.5 Å². The monoisotopic (exact) mass is 238 g/mol. The van der Waals surface area contributed by atoms with Crippen molar-refractivity contribution in [3.05, 3.63) is 16.0 Å². The topological polar surface area (TPSA) is 92.2 Å². The van der Waals surface area contributed by atoms with Crippen LogP contribution < -0.4 is 21.4 Å². The highest BCUT2D eigenvalue weighted by Crippen LogP contribution is 2.14. The molecule has 17 heavy (non-hydrogen) atoms. The van der Waals surface area contributed by atoms with E-state index in [1.165, 1.54) is 16.6 Å². The quantitative estimate of drug-likeness (QED) is 0.631. The summed E-state index contributed by atoms with van der Waals surface area (Å²) in [6.45, 7) is 4.65. The number of aromatic nitrogens is 3. The number of fused-ring (bicyclic) bond motifs is 1. The number of anilines is 1. The molecule has 0 aromatic carbocycles. The number of aryl methyl sites for hydroxylation is 1. The molecule has 0 aliphatic carbocycles. The van der Waals surface area contributed by atoms with Crippen LogP contribution in [0.15, 0.2) is 4.79 Å². The molecule has 1 aromatic rings. The van der Waals surface area contributed by atoms with E-state index < -0.39 is 5.66 Å². The van der Waals surface area contributed by atoms with E-state index in [-0.39, 0.29) is 17.0 Å². The van der Waals surface area contributed by atoms with Crippen LogP contribution in [0, 0.1) is 6.92 Å². The summed E-state index contributed by atoms with van der Waals surface area (Å²) in [6, 6.07) is 0. The predicted octanol–water partition coefficient (Wildman–Crippen LogP) is -1.25. The predicted molar refractivity (Wildman–Crippen MR) is 61.0 cm³/mol. The second-order valence-electron chi connectivity index (χ2n) is 4.19. The van der Waals surface area contributed by atoms with Gasteiger partial charge in [0, 0.05) is 7.05 Å². The van der Waals surface area contributed by atoms with Crippen molar-refractivity contribution in [2.24, 2.45) is 0 Å². The fraction of sp³-hybridized carbons (Fsp3) is 0.556. The Morgan fingerprint density at radius 2 is 2.00 bits per heavy atom. The van der Waals surface area contributed by atoms with Gasteiger partial charge in [-0.05, 0) is 20.8 Å². The van der Waals surface area contributed by atoms with Gasteiger partial charge in [-0.1, -0.05) is 0 Å². The molecule has 0 bridgehead atoms. The minimum Gasteiger partial charge on any atom is -0.296 e. The second-order valence-corrected chi connectivity index (χ2v) is 4.19. The fourth-order valence-corrected chi connectivity index (χ4v) is 1.57. The van der Waals surface area contributed by atoms with Gasteiger partial charge >= 0.3 is 0 Å². The van der Waals surface area contributed by atoms with Gasteiger partial charge < -0.3 is 0 Å². The van der Waals surface area contributed by atoms with E-state index in [2.05, 4.69) is 21.0 Å². The first-order valence-electron chi connectivity index (χ1n) is 5.12. The number of hydrazine groups is 1. The number of carbonyl (C=O) groups is 1. The third kappa shape index (κ3) is 1.66. The van der Waals surface area contributed by atoms with Gasteiger partial charge in [-0.25, -0.2) is 0 Å². The highest BCUT2D eigenvalue weighted by Gasteiger charge is 2.37.